The zero-order chi connectivity index (χ0) is 16.5. The highest BCUT2D eigenvalue weighted by Gasteiger charge is 2.31. The van der Waals surface area contributed by atoms with Crippen LogP contribution >= 0.6 is 0 Å². The van der Waals surface area contributed by atoms with Gasteiger partial charge in [-0.05, 0) is 38.0 Å². The Morgan fingerprint density at radius 1 is 1.29 bits per heavy atom. The number of aromatic amines is 1. The third-order valence-corrected chi connectivity index (χ3v) is 4.87. The summed E-state index contributed by atoms with van der Waals surface area (Å²) in [5.74, 6) is 0.423. The summed E-state index contributed by atoms with van der Waals surface area (Å²) in [6.45, 7) is 6.67. The predicted octanol–water partition coefficient (Wildman–Crippen LogP) is 1.95. The Balaban J connectivity index is 1.45. The summed E-state index contributed by atoms with van der Waals surface area (Å²) in [6, 6.07) is 7.16. The topological polar surface area (TPSA) is 61.5 Å². The zero-order valence-corrected chi connectivity index (χ0v) is 14.1. The quantitative estimate of drug-likeness (QED) is 0.850. The van der Waals surface area contributed by atoms with Crippen LogP contribution in [0.25, 0.3) is 11.0 Å². The van der Waals surface area contributed by atoms with Crippen molar-refractivity contribution in [3.63, 3.8) is 0 Å². The average Bonchev–Trinajstić information content (AvgIpc) is 3.35. The van der Waals surface area contributed by atoms with Crippen molar-refractivity contribution in [1.82, 2.24) is 14.9 Å². The first kappa shape index (κ1) is 15.4. The number of carbonyl (C=O) groups excluding carboxylic acids is 1. The van der Waals surface area contributed by atoms with Crippen molar-refractivity contribution >= 4 is 22.7 Å². The summed E-state index contributed by atoms with van der Waals surface area (Å²) >= 11 is 0. The largest absolute Gasteiger partial charge is 0.466 e. The number of hydrogen-bond acceptors (Lipinski definition) is 5. The van der Waals surface area contributed by atoms with Gasteiger partial charge in [-0.25, -0.2) is 4.98 Å². The molecule has 2 heterocycles. The SMILES string of the molecule is CCOC(=O)Cc1nc2ccc(N3CCN(C4CC4)CC3)cc2[nH]1. The fraction of sp³-hybridized carbons (Fsp3) is 0.556. The maximum Gasteiger partial charge on any atom is 0.313 e. The Kier molecular flexibility index (Phi) is 4.14. The lowest BCUT2D eigenvalue weighted by atomic mass is 10.2. The summed E-state index contributed by atoms with van der Waals surface area (Å²) in [5, 5.41) is 0. The predicted molar refractivity (Wildman–Crippen MR) is 93.2 cm³/mol. The molecule has 4 rings (SSSR count). The smallest absolute Gasteiger partial charge is 0.313 e. The first-order valence-electron chi connectivity index (χ1n) is 8.86. The molecule has 1 aliphatic heterocycles. The number of hydrogen-bond donors (Lipinski definition) is 1. The number of nitrogens with one attached hydrogen (secondary N) is 1. The van der Waals surface area contributed by atoms with Gasteiger partial charge in [0.25, 0.3) is 0 Å². The summed E-state index contributed by atoms with van der Waals surface area (Å²) < 4.78 is 4.98. The van der Waals surface area contributed by atoms with E-state index in [0.717, 1.165) is 43.3 Å². The Labute approximate surface area is 141 Å². The van der Waals surface area contributed by atoms with Crippen LogP contribution in [0.2, 0.25) is 0 Å². The Morgan fingerprint density at radius 2 is 2.08 bits per heavy atom. The van der Waals surface area contributed by atoms with Gasteiger partial charge >= 0.3 is 5.97 Å². The molecule has 0 spiro atoms. The van der Waals surface area contributed by atoms with Gasteiger partial charge in [-0.3, -0.25) is 9.69 Å². The van der Waals surface area contributed by atoms with E-state index in [1.165, 1.54) is 18.5 Å². The van der Waals surface area contributed by atoms with E-state index in [0.29, 0.717) is 12.4 Å². The van der Waals surface area contributed by atoms with Crippen LogP contribution in [-0.4, -0.2) is 59.7 Å². The molecule has 0 unspecified atom stereocenters. The van der Waals surface area contributed by atoms with Crippen LogP contribution in [0.5, 0.6) is 0 Å². The van der Waals surface area contributed by atoms with Crippen molar-refractivity contribution in [3.05, 3.63) is 24.0 Å². The standard InChI is InChI=1S/C18H24N4O2/c1-2-24-18(23)12-17-19-15-6-5-14(11-16(15)20-17)22-9-7-21(8-10-22)13-3-4-13/h5-6,11,13H,2-4,7-10,12H2,1H3,(H,19,20). The van der Waals surface area contributed by atoms with E-state index in [9.17, 15) is 4.79 Å². The fourth-order valence-corrected chi connectivity index (χ4v) is 3.46. The number of rotatable bonds is 5. The van der Waals surface area contributed by atoms with Gasteiger partial charge in [-0.15, -0.1) is 0 Å². The van der Waals surface area contributed by atoms with Crippen molar-refractivity contribution in [3.8, 4) is 0 Å². The number of carbonyl (C=O) groups is 1. The molecule has 1 saturated carbocycles. The molecular formula is C18H24N4O2. The molecule has 6 heteroatoms. The Bertz CT molecular complexity index is 730. The number of benzene rings is 1. The minimum Gasteiger partial charge on any atom is -0.466 e. The minimum absolute atomic E-state index is 0.192. The molecule has 2 aromatic rings. The molecule has 1 aromatic heterocycles. The van der Waals surface area contributed by atoms with Crippen LogP contribution in [0.3, 0.4) is 0 Å². The number of ether oxygens (including phenoxy) is 1. The van der Waals surface area contributed by atoms with Crippen molar-refractivity contribution in [2.75, 3.05) is 37.7 Å². The van der Waals surface area contributed by atoms with E-state index in [1.54, 1.807) is 0 Å². The van der Waals surface area contributed by atoms with E-state index < -0.39 is 0 Å². The lowest BCUT2D eigenvalue weighted by molar-refractivity contribution is -0.142. The van der Waals surface area contributed by atoms with Crippen molar-refractivity contribution in [1.29, 1.82) is 0 Å². The number of anilines is 1. The first-order valence-corrected chi connectivity index (χ1v) is 8.86. The summed E-state index contributed by atoms with van der Waals surface area (Å²) in [4.78, 5) is 24.4. The van der Waals surface area contributed by atoms with Crippen LogP contribution in [0.4, 0.5) is 5.69 Å². The molecule has 0 atom stereocenters. The van der Waals surface area contributed by atoms with E-state index in [1.807, 2.05) is 13.0 Å². The van der Waals surface area contributed by atoms with E-state index in [2.05, 4.69) is 31.9 Å². The second-order valence-corrected chi connectivity index (χ2v) is 6.62. The summed E-state index contributed by atoms with van der Waals surface area (Å²) in [5.41, 5.74) is 3.11. The first-order chi connectivity index (χ1) is 11.7. The number of esters is 1. The Hall–Kier alpha value is -2.08. The number of nitrogens with zero attached hydrogens (tertiary/aromatic N) is 3. The number of fused-ring (bicyclic) bond motifs is 1. The maximum absolute atomic E-state index is 11.6. The number of H-pyrrole nitrogens is 1. The average molecular weight is 328 g/mol. The highest BCUT2D eigenvalue weighted by molar-refractivity contribution is 5.81. The molecular weight excluding hydrogens is 304 g/mol. The van der Waals surface area contributed by atoms with E-state index in [4.69, 9.17) is 4.74 Å². The van der Waals surface area contributed by atoms with Crippen LogP contribution in [-0.2, 0) is 16.0 Å². The molecule has 1 aliphatic carbocycles. The van der Waals surface area contributed by atoms with Gasteiger partial charge in [0.05, 0.1) is 17.6 Å². The second kappa shape index (κ2) is 6.43. The lowest BCUT2D eigenvalue weighted by Gasteiger charge is -2.36. The molecule has 2 fully saturated rings. The molecule has 24 heavy (non-hydrogen) atoms. The molecule has 6 nitrogen and oxygen atoms in total. The number of piperazine rings is 1. The van der Waals surface area contributed by atoms with E-state index in [-0.39, 0.29) is 12.4 Å². The summed E-state index contributed by atoms with van der Waals surface area (Å²) in [6.07, 6.45) is 2.95. The van der Waals surface area contributed by atoms with Gasteiger partial charge in [0.2, 0.25) is 0 Å². The van der Waals surface area contributed by atoms with Crippen molar-refractivity contribution in [2.24, 2.45) is 0 Å². The minimum atomic E-state index is -0.243. The molecule has 0 amide bonds. The van der Waals surface area contributed by atoms with Crippen LogP contribution < -0.4 is 4.90 Å². The molecule has 128 valence electrons. The van der Waals surface area contributed by atoms with Gasteiger partial charge in [-0.2, -0.15) is 0 Å². The number of aromatic nitrogens is 2. The molecule has 1 saturated heterocycles. The van der Waals surface area contributed by atoms with Crippen LogP contribution in [0, 0.1) is 0 Å². The highest BCUT2D eigenvalue weighted by Crippen LogP contribution is 2.29. The van der Waals surface area contributed by atoms with E-state index >= 15 is 0 Å². The van der Waals surface area contributed by atoms with Crippen molar-refractivity contribution in [2.45, 2.75) is 32.2 Å². The monoisotopic (exact) mass is 328 g/mol. The third kappa shape index (κ3) is 3.24. The van der Waals surface area contributed by atoms with Gasteiger partial charge in [0.15, 0.2) is 0 Å². The zero-order valence-electron chi connectivity index (χ0n) is 14.1. The highest BCUT2D eigenvalue weighted by atomic mass is 16.5. The van der Waals surface area contributed by atoms with Crippen molar-refractivity contribution < 1.29 is 9.53 Å². The fourth-order valence-electron chi connectivity index (χ4n) is 3.46. The normalized spacial score (nSPS) is 19.0. The van der Waals surface area contributed by atoms with Gasteiger partial charge in [0.1, 0.15) is 12.2 Å². The molecule has 0 radical (unpaired) electrons. The van der Waals surface area contributed by atoms with Gasteiger partial charge < -0.3 is 14.6 Å². The van der Waals surface area contributed by atoms with Gasteiger partial charge in [0, 0.05) is 37.9 Å². The molecule has 2 aliphatic rings. The lowest BCUT2D eigenvalue weighted by Crippen LogP contribution is -2.47. The number of imidazole rings is 1. The maximum atomic E-state index is 11.6. The third-order valence-electron chi connectivity index (χ3n) is 4.87. The Morgan fingerprint density at radius 3 is 2.79 bits per heavy atom. The van der Waals surface area contributed by atoms with Gasteiger partial charge in [-0.1, -0.05) is 0 Å². The molecule has 1 N–H and O–H groups in total. The molecule has 1 aromatic carbocycles. The summed E-state index contributed by atoms with van der Waals surface area (Å²) in [7, 11) is 0. The van der Waals surface area contributed by atoms with Crippen LogP contribution in [0.1, 0.15) is 25.6 Å². The molecule has 0 bridgehead atoms. The second-order valence-electron chi connectivity index (χ2n) is 6.62. The van der Waals surface area contributed by atoms with Crippen LogP contribution in [0.15, 0.2) is 18.2 Å².